The highest BCUT2D eigenvalue weighted by atomic mass is 32.2. The molecule has 0 saturated carbocycles. The van der Waals surface area contributed by atoms with Crippen molar-refractivity contribution >= 4 is 39.2 Å². The minimum Gasteiger partial charge on any atom is -0.370 e. The number of thiophene rings is 1. The maximum Gasteiger partial charge on any atom is 0.267 e. The third kappa shape index (κ3) is 3.66. The van der Waals surface area contributed by atoms with Gasteiger partial charge in [-0.15, -0.1) is 11.3 Å². The van der Waals surface area contributed by atoms with Gasteiger partial charge in [0.1, 0.15) is 4.83 Å². The van der Waals surface area contributed by atoms with Gasteiger partial charge in [-0.2, -0.15) is 0 Å². The number of aromatic nitrogens is 2. The van der Waals surface area contributed by atoms with E-state index >= 15 is 0 Å². The summed E-state index contributed by atoms with van der Waals surface area (Å²) in [5.41, 5.74) is 7.26. The Morgan fingerprint density at radius 3 is 2.74 bits per heavy atom. The second kappa shape index (κ2) is 7.86. The minimum atomic E-state index is -0.347. The third-order valence-electron chi connectivity index (χ3n) is 4.80. The van der Waals surface area contributed by atoms with Crippen LogP contribution in [0.4, 0.5) is 0 Å². The van der Waals surface area contributed by atoms with E-state index in [0.29, 0.717) is 10.9 Å². The number of hydrogen-bond donors (Lipinski definition) is 1. The summed E-state index contributed by atoms with van der Waals surface area (Å²) in [6.45, 7) is 0. The monoisotopic (exact) mass is 399 g/mol. The molecule has 140 valence electrons. The van der Waals surface area contributed by atoms with Crippen LogP contribution in [0.1, 0.15) is 36.1 Å². The number of thioether (sulfide) groups is 1. The summed E-state index contributed by atoms with van der Waals surface area (Å²) in [4.78, 5) is 31.6. The summed E-state index contributed by atoms with van der Waals surface area (Å²) in [6.07, 6.45) is 5.75. The Balaban J connectivity index is 1.90. The number of nitrogens with two attached hydrogens (primary N) is 1. The zero-order valence-electron chi connectivity index (χ0n) is 14.9. The van der Waals surface area contributed by atoms with Crippen molar-refractivity contribution < 1.29 is 4.79 Å². The molecule has 5 nitrogen and oxygen atoms in total. The van der Waals surface area contributed by atoms with Gasteiger partial charge in [0.25, 0.3) is 5.56 Å². The van der Waals surface area contributed by atoms with E-state index in [4.69, 9.17) is 10.7 Å². The summed E-state index contributed by atoms with van der Waals surface area (Å²) < 4.78 is 1.69. The molecule has 0 aliphatic heterocycles. The number of benzene rings is 1. The molecule has 1 aromatic carbocycles. The van der Waals surface area contributed by atoms with Crippen molar-refractivity contribution in [1.29, 1.82) is 0 Å². The number of fused-ring (bicyclic) bond motifs is 3. The van der Waals surface area contributed by atoms with Crippen LogP contribution in [0.3, 0.4) is 0 Å². The lowest BCUT2D eigenvalue weighted by molar-refractivity contribution is -0.117. The van der Waals surface area contributed by atoms with Gasteiger partial charge >= 0.3 is 0 Å². The third-order valence-corrected chi connectivity index (χ3v) is 6.93. The molecule has 2 heterocycles. The molecule has 0 spiro atoms. The van der Waals surface area contributed by atoms with Crippen LogP contribution >= 0.6 is 23.1 Å². The van der Waals surface area contributed by atoms with E-state index in [1.165, 1.54) is 35.0 Å². The molecule has 7 heteroatoms. The number of nitrogens with zero attached hydrogens (tertiary/aromatic N) is 2. The first-order valence-electron chi connectivity index (χ1n) is 9.19. The molecule has 0 unspecified atom stereocenters. The van der Waals surface area contributed by atoms with Gasteiger partial charge < -0.3 is 5.73 Å². The van der Waals surface area contributed by atoms with E-state index in [1.54, 1.807) is 15.9 Å². The lowest BCUT2D eigenvalue weighted by atomic mass is 10.1. The second-order valence-corrected chi connectivity index (χ2v) is 8.83. The first-order chi connectivity index (χ1) is 13.1. The highest BCUT2D eigenvalue weighted by Gasteiger charge is 2.22. The van der Waals surface area contributed by atoms with Gasteiger partial charge in [-0.3, -0.25) is 14.2 Å². The Kier molecular flexibility index (Phi) is 5.31. The zero-order chi connectivity index (χ0) is 18.8. The fourth-order valence-electron chi connectivity index (χ4n) is 3.51. The predicted octanol–water partition coefficient (Wildman–Crippen LogP) is 3.68. The molecule has 27 heavy (non-hydrogen) atoms. The molecular formula is C20H21N3O2S2. The average molecular weight is 400 g/mol. The number of rotatable bonds is 5. The number of carbonyl (C=O) groups excluding carboxylic acids is 1. The Hall–Kier alpha value is -2.12. The molecule has 2 N–H and O–H groups in total. The fourth-order valence-corrected chi connectivity index (χ4v) is 5.78. The van der Waals surface area contributed by atoms with Crippen molar-refractivity contribution in [3.63, 3.8) is 0 Å². The standard InChI is InChI=1S/C20H21N3O2S2/c21-16(24)11-12-26-20-22-18-17(14-9-5-2-6-10-15(14)27-18)19(25)23(20)13-7-3-1-4-8-13/h1,3-4,7-8H,2,5-6,9-12H2,(H2,21,24). The largest absolute Gasteiger partial charge is 0.370 e. The van der Waals surface area contributed by atoms with Crippen LogP contribution in [-0.2, 0) is 17.6 Å². The zero-order valence-corrected chi connectivity index (χ0v) is 16.6. The average Bonchev–Trinajstić information content (AvgIpc) is 2.84. The number of aryl methyl sites for hydroxylation is 2. The van der Waals surface area contributed by atoms with Crippen LogP contribution in [0.5, 0.6) is 0 Å². The Morgan fingerprint density at radius 2 is 1.96 bits per heavy atom. The van der Waals surface area contributed by atoms with Crippen molar-refractivity contribution in [2.75, 3.05) is 5.75 Å². The normalized spacial score (nSPS) is 14.1. The van der Waals surface area contributed by atoms with E-state index in [2.05, 4.69) is 0 Å². The number of amides is 1. The summed E-state index contributed by atoms with van der Waals surface area (Å²) in [7, 11) is 0. The fraction of sp³-hybridized carbons (Fsp3) is 0.350. The number of hydrogen-bond acceptors (Lipinski definition) is 5. The topological polar surface area (TPSA) is 78.0 Å². The lowest BCUT2D eigenvalue weighted by Gasteiger charge is -2.12. The van der Waals surface area contributed by atoms with Gasteiger partial charge in [0.2, 0.25) is 5.91 Å². The van der Waals surface area contributed by atoms with Crippen LogP contribution in [0, 0.1) is 0 Å². The number of para-hydroxylation sites is 1. The minimum absolute atomic E-state index is 0.00725. The van der Waals surface area contributed by atoms with Gasteiger partial charge in [-0.05, 0) is 43.4 Å². The highest BCUT2D eigenvalue weighted by molar-refractivity contribution is 7.99. The SMILES string of the molecule is NC(=O)CCSc1nc2sc3c(c2c(=O)n1-c1ccccc1)CCCCC3. The van der Waals surface area contributed by atoms with E-state index in [1.807, 2.05) is 30.3 Å². The van der Waals surface area contributed by atoms with E-state index < -0.39 is 0 Å². The summed E-state index contributed by atoms with van der Waals surface area (Å²) in [5.74, 6) is 0.158. The van der Waals surface area contributed by atoms with Gasteiger partial charge in [-0.25, -0.2) is 4.98 Å². The quantitative estimate of drug-likeness (QED) is 0.403. The molecule has 2 aromatic heterocycles. The van der Waals surface area contributed by atoms with Crippen LogP contribution < -0.4 is 11.3 Å². The highest BCUT2D eigenvalue weighted by Crippen LogP contribution is 2.34. The number of carbonyl (C=O) groups is 1. The van der Waals surface area contributed by atoms with E-state index in [0.717, 1.165) is 35.2 Å². The van der Waals surface area contributed by atoms with Crippen LogP contribution in [0.2, 0.25) is 0 Å². The molecule has 1 amide bonds. The molecule has 4 rings (SSSR count). The van der Waals surface area contributed by atoms with Crippen molar-refractivity contribution in [3.8, 4) is 5.69 Å². The summed E-state index contributed by atoms with van der Waals surface area (Å²) >= 11 is 3.06. The van der Waals surface area contributed by atoms with Gasteiger partial charge in [0.15, 0.2) is 5.16 Å². The smallest absolute Gasteiger partial charge is 0.267 e. The predicted molar refractivity (Wildman–Crippen MR) is 111 cm³/mol. The molecular weight excluding hydrogens is 378 g/mol. The first-order valence-corrected chi connectivity index (χ1v) is 11.0. The van der Waals surface area contributed by atoms with Gasteiger partial charge in [0, 0.05) is 17.1 Å². The molecule has 0 atom stereocenters. The maximum atomic E-state index is 13.5. The van der Waals surface area contributed by atoms with E-state index in [-0.39, 0.29) is 17.9 Å². The first kappa shape index (κ1) is 18.3. The molecule has 3 aromatic rings. The van der Waals surface area contributed by atoms with Crippen molar-refractivity contribution in [1.82, 2.24) is 9.55 Å². The summed E-state index contributed by atoms with van der Waals surface area (Å²) in [6, 6.07) is 9.59. The lowest BCUT2D eigenvalue weighted by Crippen LogP contribution is -2.22. The van der Waals surface area contributed by atoms with Crippen molar-refractivity contribution in [2.24, 2.45) is 5.73 Å². The molecule has 0 fully saturated rings. The van der Waals surface area contributed by atoms with Crippen LogP contribution in [0.15, 0.2) is 40.3 Å². The van der Waals surface area contributed by atoms with Crippen LogP contribution in [0.25, 0.3) is 15.9 Å². The van der Waals surface area contributed by atoms with Crippen molar-refractivity contribution in [3.05, 3.63) is 51.1 Å². The Morgan fingerprint density at radius 1 is 1.19 bits per heavy atom. The molecule has 0 radical (unpaired) electrons. The molecule has 0 bridgehead atoms. The molecule has 0 saturated heterocycles. The van der Waals surface area contributed by atoms with Gasteiger partial charge in [-0.1, -0.05) is 36.4 Å². The van der Waals surface area contributed by atoms with Crippen molar-refractivity contribution in [2.45, 2.75) is 43.7 Å². The second-order valence-electron chi connectivity index (χ2n) is 6.68. The summed E-state index contributed by atoms with van der Waals surface area (Å²) in [5, 5.41) is 1.40. The maximum absolute atomic E-state index is 13.5. The molecule has 1 aliphatic carbocycles. The molecule has 1 aliphatic rings. The van der Waals surface area contributed by atoms with E-state index in [9.17, 15) is 9.59 Å². The Labute approximate surface area is 165 Å². The van der Waals surface area contributed by atoms with Gasteiger partial charge in [0.05, 0.1) is 11.1 Å². The Bertz CT molecular complexity index is 1040. The number of primary amides is 1. The van der Waals surface area contributed by atoms with Crippen LogP contribution in [-0.4, -0.2) is 21.2 Å².